The second-order valence-corrected chi connectivity index (χ2v) is 12.9. The monoisotopic (exact) mass is 640 g/mol. The second kappa shape index (κ2) is 13.1. The summed E-state index contributed by atoms with van der Waals surface area (Å²) in [4.78, 5) is 58.2. The number of methoxy groups -OCH3 is 2. The van der Waals surface area contributed by atoms with Crippen molar-refractivity contribution in [3.63, 3.8) is 0 Å². The first-order chi connectivity index (χ1) is 22.6. The molecule has 0 aliphatic carbocycles. The Hall–Kier alpha value is -4.84. The van der Waals surface area contributed by atoms with Gasteiger partial charge in [0.2, 0.25) is 0 Å². The normalized spacial score (nSPS) is 19.4. The van der Waals surface area contributed by atoms with Crippen molar-refractivity contribution in [3.8, 4) is 22.4 Å². The Morgan fingerprint density at radius 3 is 2.23 bits per heavy atom. The van der Waals surface area contributed by atoms with E-state index < -0.39 is 17.5 Å². The van der Waals surface area contributed by atoms with Gasteiger partial charge in [0, 0.05) is 12.1 Å². The van der Waals surface area contributed by atoms with Crippen molar-refractivity contribution in [2.75, 3.05) is 33.9 Å². The second-order valence-electron chi connectivity index (χ2n) is 12.9. The first-order valence-corrected chi connectivity index (χ1v) is 15.9. The van der Waals surface area contributed by atoms with Gasteiger partial charge in [0.15, 0.2) is 0 Å². The minimum Gasteiger partial charge on any atom is -0.465 e. The maximum atomic E-state index is 13.2. The topological polar surface area (TPSA) is 148 Å². The smallest absolute Gasteiger partial charge is 0.410 e. The zero-order chi connectivity index (χ0) is 33.3. The Morgan fingerprint density at radius 1 is 0.915 bits per heavy atom. The van der Waals surface area contributed by atoms with E-state index in [0.29, 0.717) is 46.9 Å². The standard InChI is InChI=1S/C35H40N6O6/c1-35(2,3)47-34(44)41-15-7-9-29(41)31-38-19-28(40-31)21-11-13-23(25(17-21)33(43)46-5)22-12-10-20(16-24(22)32(42)45-4)27-18-37-30(39-27)26-8-6-14-36-26/h10-13,16-17,19,26,29,36H,6-9,14-15,18H2,1-5H3,(H,38,40)/t26-,29+/m0/s1. The molecule has 3 aliphatic rings. The summed E-state index contributed by atoms with van der Waals surface area (Å²) in [5.74, 6) is 0.331. The van der Waals surface area contributed by atoms with Crippen molar-refractivity contribution in [2.45, 2.75) is 64.1 Å². The fourth-order valence-electron chi connectivity index (χ4n) is 6.32. The number of rotatable bonds is 7. The van der Waals surface area contributed by atoms with E-state index in [-0.39, 0.29) is 23.7 Å². The SMILES string of the molecule is COC(=O)c1cc(C2=NC([C@@H]3CCCN3)=NC2)ccc1-c1ccc(-c2cnc([C@H]3CCCN3C(=O)OC(C)(C)C)[nH]2)cc1C(=O)OC. The van der Waals surface area contributed by atoms with Crippen LogP contribution in [-0.4, -0.2) is 89.9 Å². The van der Waals surface area contributed by atoms with Crippen molar-refractivity contribution >= 4 is 29.6 Å². The van der Waals surface area contributed by atoms with Gasteiger partial charge >= 0.3 is 18.0 Å². The maximum absolute atomic E-state index is 13.2. The molecule has 3 aromatic rings. The van der Waals surface area contributed by atoms with E-state index in [1.54, 1.807) is 35.4 Å². The molecule has 47 heavy (non-hydrogen) atoms. The fraction of sp³-hybridized carbons (Fsp3) is 0.429. The van der Waals surface area contributed by atoms with Crippen LogP contribution in [0.2, 0.25) is 0 Å². The minimum atomic E-state index is -0.603. The largest absolute Gasteiger partial charge is 0.465 e. The Morgan fingerprint density at radius 2 is 1.60 bits per heavy atom. The third-order valence-electron chi connectivity index (χ3n) is 8.59. The van der Waals surface area contributed by atoms with Crippen LogP contribution in [0.25, 0.3) is 22.4 Å². The highest BCUT2D eigenvalue weighted by Crippen LogP contribution is 2.35. The molecule has 1 aromatic heterocycles. The highest BCUT2D eigenvalue weighted by atomic mass is 16.6. The number of aliphatic imine (C=N–C) groups is 2. The predicted molar refractivity (Wildman–Crippen MR) is 177 cm³/mol. The fourth-order valence-corrected chi connectivity index (χ4v) is 6.32. The van der Waals surface area contributed by atoms with Crippen LogP contribution in [-0.2, 0) is 14.2 Å². The number of aromatic nitrogens is 2. The van der Waals surface area contributed by atoms with Crippen LogP contribution in [0, 0.1) is 0 Å². The molecular formula is C35H40N6O6. The third-order valence-corrected chi connectivity index (χ3v) is 8.59. The summed E-state index contributed by atoms with van der Waals surface area (Å²) < 4.78 is 15.9. The molecule has 0 saturated carbocycles. The van der Waals surface area contributed by atoms with E-state index in [2.05, 4.69) is 20.3 Å². The van der Waals surface area contributed by atoms with Crippen molar-refractivity contribution in [1.29, 1.82) is 0 Å². The molecule has 0 unspecified atom stereocenters. The number of carbonyl (C=O) groups excluding carboxylic acids is 3. The number of H-pyrrole nitrogens is 1. The lowest BCUT2D eigenvalue weighted by Crippen LogP contribution is -2.36. The van der Waals surface area contributed by atoms with Crippen molar-refractivity contribution in [2.24, 2.45) is 9.98 Å². The number of imidazole rings is 1. The van der Waals surface area contributed by atoms with Crippen molar-refractivity contribution < 1.29 is 28.6 Å². The number of aromatic amines is 1. The third kappa shape index (κ3) is 6.69. The predicted octanol–water partition coefficient (Wildman–Crippen LogP) is 5.34. The van der Waals surface area contributed by atoms with Crippen LogP contribution < -0.4 is 5.32 Å². The number of esters is 2. The van der Waals surface area contributed by atoms with Crippen molar-refractivity contribution in [3.05, 3.63) is 65.1 Å². The number of ether oxygens (including phenoxy) is 3. The van der Waals surface area contributed by atoms with E-state index in [9.17, 15) is 14.4 Å². The highest BCUT2D eigenvalue weighted by molar-refractivity contribution is 6.15. The Kier molecular flexibility index (Phi) is 8.96. The molecule has 1 amide bonds. The lowest BCUT2D eigenvalue weighted by Gasteiger charge is -2.27. The number of hydrogen-bond acceptors (Lipinski definition) is 10. The van der Waals surface area contributed by atoms with Crippen LogP contribution >= 0.6 is 0 Å². The van der Waals surface area contributed by atoms with E-state index in [1.165, 1.54) is 14.2 Å². The summed E-state index contributed by atoms with van der Waals surface area (Å²) in [5.41, 5.74) is 3.90. The summed E-state index contributed by atoms with van der Waals surface area (Å²) in [6.45, 7) is 7.49. The molecule has 0 radical (unpaired) electrons. The minimum absolute atomic E-state index is 0.154. The molecule has 0 spiro atoms. The Balaban J connectivity index is 1.31. The van der Waals surface area contributed by atoms with E-state index >= 15 is 0 Å². The van der Waals surface area contributed by atoms with Gasteiger partial charge in [0.05, 0.1) is 61.6 Å². The maximum Gasteiger partial charge on any atom is 0.410 e. The summed E-state index contributed by atoms with van der Waals surface area (Å²) >= 11 is 0. The van der Waals surface area contributed by atoms with Gasteiger partial charge in [0.1, 0.15) is 17.3 Å². The van der Waals surface area contributed by atoms with Crippen LogP contribution in [0.15, 0.2) is 52.6 Å². The first kappa shape index (κ1) is 32.1. The number of likely N-dealkylation sites (tertiary alicyclic amines) is 1. The molecule has 3 aliphatic heterocycles. The zero-order valence-electron chi connectivity index (χ0n) is 27.4. The lowest BCUT2D eigenvalue weighted by molar-refractivity contribution is 0.0218. The number of amides is 1. The van der Waals surface area contributed by atoms with Gasteiger partial charge in [-0.15, -0.1) is 0 Å². The van der Waals surface area contributed by atoms with E-state index in [1.807, 2.05) is 32.9 Å². The summed E-state index contributed by atoms with van der Waals surface area (Å²) in [5, 5.41) is 3.42. The lowest BCUT2D eigenvalue weighted by atomic mass is 9.91. The quantitative estimate of drug-likeness (QED) is 0.260. The molecular weight excluding hydrogens is 600 g/mol. The van der Waals surface area contributed by atoms with Crippen LogP contribution in [0.3, 0.4) is 0 Å². The number of benzene rings is 2. The molecule has 2 fully saturated rings. The number of nitrogens with one attached hydrogen (secondary N) is 2. The zero-order valence-corrected chi connectivity index (χ0v) is 27.4. The number of amidine groups is 1. The number of hydrogen-bond donors (Lipinski definition) is 2. The van der Waals surface area contributed by atoms with Gasteiger partial charge in [-0.05, 0) is 81.8 Å². The molecule has 4 heterocycles. The van der Waals surface area contributed by atoms with Gasteiger partial charge in [-0.3, -0.25) is 9.89 Å². The average Bonchev–Trinajstić information content (AvgIpc) is 3.89. The molecule has 2 atom stereocenters. The molecule has 0 bridgehead atoms. The summed E-state index contributed by atoms with van der Waals surface area (Å²) in [6, 6.07) is 10.7. The van der Waals surface area contributed by atoms with E-state index in [4.69, 9.17) is 19.2 Å². The molecule has 12 heteroatoms. The highest BCUT2D eigenvalue weighted by Gasteiger charge is 2.35. The van der Waals surface area contributed by atoms with Gasteiger partial charge in [-0.1, -0.05) is 24.3 Å². The van der Waals surface area contributed by atoms with Gasteiger partial charge in [-0.2, -0.15) is 0 Å². The molecule has 2 aromatic carbocycles. The average molecular weight is 641 g/mol. The summed E-state index contributed by atoms with van der Waals surface area (Å²) in [6.07, 6.45) is 4.99. The Bertz CT molecular complexity index is 1760. The van der Waals surface area contributed by atoms with Gasteiger partial charge in [0.25, 0.3) is 0 Å². The van der Waals surface area contributed by atoms with Crippen molar-refractivity contribution in [1.82, 2.24) is 20.2 Å². The first-order valence-electron chi connectivity index (χ1n) is 15.9. The van der Waals surface area contributed by atoms with Crippen LogP contribution in [0.4, 0.5) is 4.79 Å². The van der Waals surface area contributed by atoms with Crippen LogP contribution in [0.5, 0.6) is 0 Å². The number of carbonyl (C=O) groups is 3. The molecule has 12 nitrogen and oxygen atoms in total. The summed E-state index contributed by atoms with van der Waals surface area (Å²) in [7, 11) is 2.64. The van der Waals surface area contributed by atoms with Crippen LogP contribution in [0.1, 0.15) is 84.6 Å². The molecule has 2 saturated heterocycles. The van der Waals surface area contributed by atoms with E-state index in [0.717, 1.165) is 49.3 Å². The van der Waals surface area contributed by atoms with Gasteiger partial charge < -0.3 is 24.5 Å². The molecule has 6 rings (SSSR count). The number of nitrogens with zero attached hydrogens (tertiary/aromatic N) is 4. The Labute approximate surface area is 273 Å². The molecule has 246 valence electrons. The molecule has 2 N–H and O–H groups in total. The van der Waals surface area contributed by atoms with Gasteiger partial charge in [-0.25, -0.2) is 24.4 Å².